The van der Waals surface area contributed by atoms with E-state index in [1.807, 2.05) is 27.7 Å². The van der Waals surface area contributed by atoms with Gasteiger partial charge in [-0.1, -0.05) is 59.8 Å². The van der Waals surface area contributed by atoms with Crippen LogP contribution in [0, 0.1) is 19.3 Å². The van der Waals surface area contributed by atoms with Crippen molar-refractivity contribution >= 4 is 27.3 Å². The highest BCUT2D eigenvalue weighted by molar-refractivity contribution is 7.88. The summed E-state index contributed by atoms with van der Waals surface area (Å²) in [6.45, 7) is 14.2. The van der Waals surface area contributed by atoms with E-state index in [0.717, 1.165) is 54.0 Å². The first kappa shape index (κ1) is 26.7. The third kappa shape index (κ3) is 6.95. The first-order chi connectivity index (χ1) is 14.9. The lowest BCUT2D eigenvalue weighted by atomic mass is 9.91. The van der Waals surface area contributed by atoms with Crippen LogP contribution in [0.3, 0.4) is 0 Å². The molecule has 7 heteroatoms. The van der Waals surface area contributed by atoms with Crippen molar-refractivity contribution in [3.63, 3.8) is 0 Å². The van der Waals surface area contributed by atoms with E-state index < -0.39 is 15.4 Å². The molecule has 0 radical (unpaired) electrons. The Morgan fingerprint density at radius 1 is 1.03 bits per heavy atom. The molecule has 1 aromatic rings. The Hall–Kier alpha value is -1.60. The normalized spacial score (nSPS) is 14.0. The Kier molecular flexibility index (Phi) is 9.17. The smallest absolute Gasteiger partial charge is 0.229 e. The average molecular weight is 466 g/mol. The van der Waals surface area contributed by atoms with Crippen LogP contribution >= 0.6 is 0 Å². The first-order valence-electron chi connectivity index (χ1n) is 12.0. The Morgan fingerprint density at radius 3 is 2.25 bits per heavy atom. The highest BCUT2D eigenvalue weighted by atomic mass is 32.2. The van der Waals surface area contributed by atoms with Gasteiger partial charge >= 0.3 is 0 Å². The number of benzene rings is 1. The van der Waals surface area contributed by atoms with E-state index in [1.165, 1.54) is 43.9 Å². The number of anilines is 2. The van der Waals surface area contributed by atoms with Crippen LogP contribution in [0.15, 0.2) is 0 Å². The predicted octanol–water partition coefficient (Wildman–Crippen LogP) is 5.06. The zero-order valence-corrected chi connectivity index (χ0v) is 22.0. The van der Waals surface area contributed by atoms with Crippen molar-refractivity contribution in [3.05, 3.63) is 22.3 Å². The number of carbonyl (C=O) groups is 1. The molecule has 32 heavy (non-hydrogen) atoms. The first-order valence-corrected chi connectivity index (χ1v) is 13.9. The minimum Gasteiger partial charge on any atom is -0.369 e. The minimum absolute atomic E-state index is 0.0277. The van der Waals surface area contributed by atoms with Gasteiger partial charge in [0.15, 0.2) is 0 Å². The molecule has 1 amide bonds. The molecule has 2 N–H and O–H groups in total. The topological polar surface area (TPSA) is 78.5 Å². The molecule has 6 nitrogen and oxygen atoms in total. The zero-order chi connectivity index (χ0) is 24.1. The van der Waals surface area contributed by atoms with Gasteiger partial charge in [-0.3, -0.25) is 4.79 Å². The van der Waals surface area contributed by atoms with E-state index in [4.69, 9.17) is 0 Å². The molecular weight excluding hydrogens is 422 g/mol. The van der Waals surface area contributed by atoms with E-state index >= 15 is 0 Å². The Morgan fingerprint density at radius 2 is 1.66 bits per heavy atom. The third-order valence-electron chi connectivity index (χ3n) is 6.42. The van der Waals surface area contributed by atoms with Crippen molar-refractivity contribution in [2.45, 2.75) is 93.0 Å². The van der Waals surface area contributed by atoms with Crippen LogP contribution in [0.25, 0.3) is 0 Å². The maximum absolute atomic E-state index is 12.9. The molecule has 1 aromatic carbocycles. The van der Waals surface area contributed by atoms with Crippen LogP contribution in [0.5, 0.6) is 0 Å². The van der Waals surface area contributed by atoms with Crippen molar-refractivity contribution in [2.75, 3.05) is 29.6 Å². The summed E-state index contributed by atoms with van der Waals surface area (Å²) in [5.74, 6) is -0.0277. The van der Waals surface area contributed by atoms with Gasteiger partial charge in [0.1, 0.15) is 0 Å². The van der Waals surface area contributed by atoms with Crippen molar-refractivity contribution in [2.24, 2.45) is 5.41 Å². The van der Waals surface area contributed by atoms with E-state index in [1.54, 1.807) is 0 Å². The van der Waals surface area contributed by atoms with E-state index in [2.05, 4.69) is 28.8 Å². The van der Waals surface area contributed by atoms with Gasteiger partial charge in [0.25, 0.3) is 0 Å². The van der Waals surface area contributed by atoms with E-state index in [9.17, 15) is 13.2 Å². The van der Waals surface area contributed by atoms with Gasteiger partial charge in [-0.25, -0.2) is 13.1 Å². The molecule has 0 aromatic heterocycles. The number of nitrogens with one attached hydrogen (secondary N) is 2. The molecule has 0 spiro atoms. The van der Waals surface area contributed by atoms with Crippen LogP contribution in [0.2, 0.25) is 0 Å². The van der Waals surface area contributed by atoms with Crippen molar-refractivity contribution in [1.29, 1.82) is 0 Å². The third-order valence-corrected chi connectivity index (χ3v) is 7.08. The average Bonchev–Trinajstić information content (AvgIpc) is 3.10. The quantitative estimate of drug-likeness (QED) is 0.448. The van der Waals surface area contributed by atoms with Gasteiger partial charge in [-0.2, -0.15) is 0 Å². The summed E-state index contributed by atoms with van der Waals surface area (Å²) in [5.41, 5.74) is 5.74. The van der Waals surface area contributed by atoms with Crippen LogP contribution in [0.1, 0.15) is 88.5 Å². The number of hydrogen-bond donors (Lipinski definition) is 2. The lowest BCUT2D eigenvalue weighted by Gasteiger charge is -2.28. The Bertz CT molecular complexity index is 918. The van der Waals surface area contributed by atoms with Crippen LogP contribution in [0.4, 0.5) is 11.4 Å². The molecule has 0 saturated carbocycles. The summed E-state index contributed by atoms with van der Waals surface area (Å²) in [5, 5.41) is 3.21. The van der Waals surface area contributed by atoms with Gasteiger partial charge in [-0.05, 0) is 48.9 Å². The van der Waals surface area contributed by atoms with E-state index in [0.29, 0.717) is 0 Å². The molecule has 0 atom stereocenters. The predicted molar refractivity (Wildman–Crippen MR) is 135 cm³/mol. The fourth-order valence-electron chi connectivity index (χ4n) is 4.36. The summed E-state index contributed by atoms with van der Waals surface area (Å²) in [4.78, 5) is 15.3. The van der Waals surface area contributed by atoms with Gasteiger partial charge in [0, 0.05) is 25.0 Å². The number of sulfonamides is 1. The number of fused-ring (bicyclic) bond motifs is 1. The molecule has 0 fully saturated rings. The second kappa shape index (κ2) is 11.0. The fourth-order valence-corrected chi connectivity index (χ4v) is 4.77. The van der Waals surface area contributed by atoms with Gasteiger partial charge < -0.3 is 10.2 Å². The lowest BCUT2D eigenvalue weighted by Crippen LogP contribution is -2.30. The van der Waals surface area contributed by atoms with Crippen LogP contribution in [-0.4, -0.2) is 33.7 Å². The molecule has 0 unspecified atom stereocenters. The van der Waals surface area contributed by atoms with Crippen LogP contribution in [-0.2, 0) is 27.8 Å². The SMILES string of the molecule is CCCCCCCCN1CCc2c(C)c(CNS(C)(=O)=O)c(C)c(NC(=O)C(C)(C)C)c21. The molecular formula is C25H43N3O3S. The van der Waals surface area contributed by atoms with Crippen molar-refractivity contribution in [1.82, 2.24) is 4.72 Å². The highest BCUT2D eigenvalue weighted by Gasteiger charge is 2.31. The van der Waals surface area contributed by atoms with Crippen molar-refractivity contribution in [3.8, 4) is 0 Å². The van der Waals surface area contributed by atoms with Gasteiger partial charge in [-0.15, -0.1) is 0 Å². The second-order valence-electron chi connectivity index (χ2n) is 10.2. The Labute approximate surface area is 195 Å². The zero-order valence-electron chi connectivity index (χ0n) is 21.2. The number of carbonyl (C=O) groups excluding carboxylic acids is 1. The Balaban J connectivity index is 2.37. The summed E-state index contributed by atoms with van der Waals surface area (Å²) < 4.78 is 26.1. The summed E-state index contributed by atoms with van der Waals surface area (Å²) in [6, 6.07) is 0. The maximum Gasteiger partial charge on any atom is 0.229 e. The number of nitrogens with zero attached hydrogens (tertiary/aromatic N) is 1. The lowest BCUT2D eigenvalue weighted by molar-refractivity contribution is -0.123. The van der Waals surface area contributed by atoms with Crippen LogP contribution < -0.4 is 14.9 Å². The summed E-state index contributed by atoms with van der Waals surface area (Å²) in [6.07, 6.45) is 9.60. The summed E-state index contributed by atoms with van der Waals surface area (Å²) >= 11 is 0. The monoisotopic (exact) mass is 465 g/mol. The molecule has 1 heterocycles. The van der Waals surface area contributed by atoms with Gasteiger partial charge in [0.2, 0.25) is 15.9 Å². The maximum atomic E-state index is 12.9. The number of rotatable bonds is 11. The summed E-state index contributed by atoms with van der Waals surface area (Å²) in [7, 11) is -3.31. The number of hydrogen-bond acceptors (Lipinski definition) is 4. The number of amides is 1. The molecule has 0 saturated heterocycles. The molecule has 1 aliphatic rings. The molecule has 0 aliphatic carbocycles. The van der Waals surface area contributed by atoms with Crippen molar-refractivity contribution < 1.29 is 13.2 Å². The minimum atomic E-state index is -3.31. The molecule has 0 bridgehead atoms. The molecule has 2 rings (SSSR count). The highest BCUT2D eigenvalue weighted by Crippen LogP contribution is 2.43. The van der Waals surface area contributed by atoms with Gasteiger partial charge in [0.05, 0.1) is 17.6 Å². The van der Waals surface area contributed by atoms with E-state index in [-0.39, 0.29) is 12.5 Å². The fraction of sp³-hybridized carbons (Fsp3) is 0.720. The molecule has 182 valence electrons. The second-order valence-corrected chi connectivity index (χ2v) is 12.1. The molecule has 1 aliphatic heterocycles. The standard InChI is InChI=1S/C25H43N3O3S/c1-8-9-10-11-12-13-15-28-16-14-20-18(2)21(17-26-32(7,30)31)19(3)22(23(20)28)27-24(29)25(4,5)6/h26H,8-17H2,1-7H3,(H,27,29). The largest absolute Gasteiger partial charge is 0.369 e. The number of unbranched alkanes of at least 4 members (excludes halogenated alkanes) is 5.